The van der Waals surface area contributed by atoms with E-state index in [1.807, 2.05) is 50.1 Å². The summed E-state index contributed by atoms with van der Waals surface area (Å²) in [7, 11) is 0. The van der Waals surface area contributed by atoms with E-state index in [4.69, 9.17) is 15.5 Å². The number of amides is 3. The van der Waals surface area contributed by atoms with E-state index in [-0.39, 0.29) is 18.2 Å². The highest BCUT2D eigenvalue weighted by Crippen LogP contribution is 2.34. The fraction of sp³-hybridized carbons (Fsp3) is 0.483. The van der Waals surface area contributed by atoms with Gasteiger partial charge >= 0.3 is 12.1 Å². The number of pyridine rings is 1. The van der Waals surface area contributed by atoms with Gasteiger partial charge in [-0.1, -0.05) is 42.5 Å². The molecule has 0 radical (unpaired) electrons. The van der Waals surface area contributed by atoms with Gasteiger partial charge in [0, 0.05) is 32.4 Å². The third-order valence-electron chi connectivity index (χ3n) is 6.94. The first-order chi connectivity index (χ1) is 17.7. The lowest BCUT2D eigenvalue weighted by Crippen LogP contribution is -2.52. The van der Waals surface area contributed by atoms with Crippen molar-refractivity contribution >= 4 is 12.1 Å². The van der Waals surface area contributed by atoms with E-state index in [9.17, 15) is 9.59 Å². The van der Waals surface area contributed by atoms with E-state index >= 15 is 0 Å². The molecule has 4 rings (SSSR count). The Morgan fingerprint density at radius 1 is 1.16 bits per heavy atom. The second-order valence-electron chi connectivity index (χ2n) is 10.9. The fourth-order valence-corrected chi connectivity index (χ4v) is 5.28. The van der Waals surface area contributed by atoms with Crippen molar-refractivity contribution in [1.82, 2.24) is 20.1 Å². The number of aromatic nitrogens is 1. The first kappa shape index (κ1) is 26.7. The summed E-state index contributed by atoms with van der Waals surface area (Å²) in [4.78, 5) is 33.5. The van der Waals surface area contributed by atoms with Gasteiger partial charge < -0.3 is 15.8 Å². The lowest BCUT2D eigenvalue weighted by Gasteiger charge is -2.42. The van der Waals surface area contributed by atoms with Crippen LogP contribution >= 0.6 is 0 Å². The number of ether oxygens (including phenoxy) is 1. The molecular formula is C29H39N5O3. The highest BCUT2D eigenvalue weighted by molar-refractivity contribution is 5.71. The quantitative estimate of drug-likeness (QED) is 0.545. The van der Waals surface area contributed by atoms with E-state index in [0.717, 1.165) is 31.4 Å². The van der Waals surface area contributed by atoms with Gasteiger partial charge in [0.2, 0.25) is 0 Å². The number of urea groups is 1. The van der Waals surface area contributed by atoms with Crippen LogP contribution in [0.1, 0.15) is 62.0 Å². The zero-order valence-corrected chi connectivity index (χ0v) is 22.2. The summed E-state index contributed by atoms with van der Waals surface area (Å²) in [6, 6.07) is 12.1. The summed E-state index contributed by atoms with van der Waals surface area (Å²) in [5, 5.41) is 2.60. The van der Waals surface area contributed by atoms with Gasteiger partial charge in [-0.25, -0.2) is 9.59 Å². The van der Waals surface area contributed by atoms with Crippen LogP contribution in [0.4, 0.5) is 9.59 Å². The normalized spacial score (nSPS) is 19.4. The monoisotopic (exact) mass is 505 g/mol. The molecule has 8 nitrogen and oxygen atoms in total. The van der Waals surface area contributed by atoms with Crippen molar-refractivity contribution in [3.05, 3.63) is 77.1 Å². The van der Waals surface area contributed by atoms with Crippen LogP contribution < -0.4 is 11.1 Å². The second-order valence-corrected chi connectivity index (χ2v) is 10.9. The number of nitrogens with two attached hydrogens (primary N) is 1. The number of benzene rings is 1. The van der Waals surface area contributed by atoms with Crippen molar-refractivity contribution in [2.75, 3.05) is 19.6 Å². The topological polar surface area (TPSA) is 101 Å². The van der Waals surface area contributed by atoms with Crippen molar-refractivity contribution in [2.24, 2.45) is 5.73 Å². The van der Waals surface area contributed by atoms with Crippen molar-refractivity contribution in [2.45, 2.75) is 70.7 Å². The summed E-state index contributed by atoms with van der Waals surface area (Å²) in [6.07, 6.45) is 9.46. The van der Waals surface area contributed by atoms with Crippen LogP contribution in [0, 0.1) is 0 Å². The zero-order valence-electron chi connectivity index (χ0n) is 22.2. The largest absolute Gasteiger partial charge is 0.444 e. The zero-order chi connectivity index (χ0) is 26.4. The summed E-state index contributed by atoms with van der Waals surface area (Å²) in [6.45, 7) is 7.97. The van der Waals surface area contributed by atoms with E-state index in [1.165, 1.54) is 16.7 Å². The molecule has 1 aromatic heterocycles. The van der Waals surface area contributed by atoms with E-state index < -0.39 is 11.6 Å². The van der Waals surface area contributed by atoms with Crippen molar-refractivity contribution in [3.63, 3.8) is 0 Å². The predicted octanol–water partition coefficient (Wildman–Crippen LogP) is 4.35. The lowest BCUT2D eigenvalue weighted by atomic mass is 9.89. The molecule has 0 unspecified atom stereocenters. The standard InChI is InChI=1S/C29H39N5O3/c1-29(2,3)37-28(36)34-19-23-11-5-4-10-22(23)18-24(34)20-33(17-7-6-15-32-27(30)35)25-14-8-12-21-13-9-16-31-26(21)25/h4-7,9-11,13,16,24-25H,8,12,14-15,17-20H2,1-3H3,(H3,30,32,35)/b7-6-/t24-,25+/m1/s1. The Morgan fingerprint density at radius 2 is 1.92 bits per heavy atom. The lowest BCUT2D eigenvalue weighted by molar-refractivity contribution is 0.00547. The fourth-order valence-electron chi connectivity index (χ4n) is 5.28. The Labute approximate surface area is 219 Å². The van der Waals surface area contributed by atoms with Crippen LogP contribution in [-0.4, -0.2) is 58.2 Å². The molecule has 1 aliphatic heterocycles. The minimum atomic E-state index is -0.569. The maximum Gasteiger partial charge on any atom is 0.410 e. The number of nitrogens with zero attached hydrogens (tertiary/aromatic N) is 3. The van der Waals surface area contributed by atoms with Gasteiger partial charge in [-0.2, -0.15) is 0 Å². The van der Waals surface area contributed by atoms with Crippen LogP contribution in [0.15, 0.2) is 54.7 Å². The molecule has 0 spiro atoms. The van der Waals surface area contributed by atoms with E-state index in [1.54, 1.807) is 0 Å². The number of fused-ring (bicyclic) bond motifs is 2. The number of nitrogens with one attached hydrogen (secondary N) is 1. The van der Waals surface area contributed by atoms with Gasteiger partial charge in [0.15, 0.2) is 0 Å². The first-order valence-corrected chi connectivity index (χ1v) is 13.1. The van der Waals surface area contributed by atoms with E-state index in [0.29, 0.717) is 26.2 Å². The van der Waals surface area contributed by atoms with Gasteiger partial charge in [-0.05, 0) is 69.2 Å². The maximum atomic E-state index is 13.4. The third kappa shape index (κ3) is 7.10. The average molecular weight is 506 g/mol. The number of primary amides is 1. The van der Waals surface area contributed by atoms with Crippen molar-refractivity contribution in [3.8, 4) is 0 Å². The highest BCUT2D eigenvalue weighted by Gasteiger charge is 2.36. The maximum absolute atomic E-state index is 13.4. The third-order valence-corrected chi connectivity index (χ3v) is 6.94. The minimum absolute atomic E-state index is 0.0454. The second kappa shape index (κ2) is 11.8. The van der Waals surface area contributed by atoms with Crippen LogP contribution in [0.5, 0.6) is 0 Å². The molecule has 0 bridgehead atoms. The summed E-state index contributed by atoms with van der Waals surface area (Å²) in [5.41, 5.74) is 9.49. The van der Waals surface area contributed by atoms with Gasteiger partial charge in [0.05, 0.1) is 17.8 Å². The molecule has 3 N–H and O–H groups in total. The van der Waals surface area contributed by atoms with Crippen molar-refractivity contribution < 1.29 is 14.3 Å². The molecule has 0 saturated heterocycles. The molecule has 2 heterocycles. The molecule has 1 aromatic carbocycles. The Kier molecular flexibility index (Phi) is 8.48. The van der Waals surface area contributed by atoms with Crippen molar-refractivity contribution in [1.29, 1.82) is 0 Å². The number of rotatable bonds is 7. The van der Waals surface area contributed by atoms with Gasteiger partial charge in [0.25, 0.3) is 0 Å². The Hall–Kier alpha value is -3.39. The highest BCUT2D eigenvalue weighted by atomic mass is 16.6. The Bertz CT molecular complexity index is 1130. The number of carbonyl (C=O) groups excluding carboxylic acids is 2. The van der Waals surface area contributed by atoms with Gasteiger partial charge in [0.1, 0.15) is 5.60 Å². The number of aryl methyl sites for hydroxylation is 1. The van der Waals surface area contributed by atoms with Gasteiger partial charge in [-0.3, -0.25) is 14.8 Å². The molecule has 2 atom stereocenters. The number of hydrogen-bond donors (Lipinski definition) is 2. The molecule has 3 amide bonds. The smallest absolute Gasteiger partial charge is 0.410 e. The molecule has 1 aliphatic carbocycles. The van der Waals surface area contributed by atoms with E-state index in [2.05, 4.69) is 40.6 Å². The number of hydrogen-bond acceptors (Lipinski definition) is 5. The molecule has 198 valence electrons. The molecule has 2 aromatic rings. The van der Waals surface area contributed by atoms with Crippen LogP contribution in [0.2, 0.25) is 0 Å². The summed E-state index contributed by atoms with van der Waals surface area (Å²) in [5.74, 6) is 0. The molecular weight excluding hydrogens is 466 g/mol. The Balaban J connectivity index is 1.61. The van der Waals surface area contributed by atoms with Crippen LogP contribution in [0.25, 0.3) is 0 Å². The van der Waals surface area contributed by atoms with Crippen LogP contribution in [-0.2, 0) is 24.1 Å². The molecule has 2 aliphatic rings. The predicted molar refractivity (Wildman–Crippen MR) is 144 cm³/mol. The van der Waals surface area contributed by atoms with Gasteiger partial charge in [-0.15, -0.1) is 0 Å². The minimum Gasteiger partial charge on any atom is -0.444 e. The summed E-state index contributed by atoms with van der Waals surface area (Å²) >= 11 is 0. The molecule has 8 heteroatoms. The average Bonchev–Trinajstić information content (AvgIpc) is 2.86. The molecule has 0 saturated carbocycles. The molecule has 37 heavy (non-hydrogen) atoms. The SMILES string of the molecule is CC(C)(C)OC(=O)N1Cc2ccccc2C[C@@H]1CN(C/C=C\CNC(N)=O)[C@H]1CCCc2cccnc21. The summed E-state index contributed by atoms with van der Waals surface area (Å²) < 4.78 is 5.83. The molecule has 0 fully saturated rings. The van der Waals surface area contributed by atoms with Crippen LogP contribution in [0.3, 0.4) is 0 Å². The Morgan fingerprint density at radius 3 is 2.68 bits per heavy atom. The number of carbonyl (C=O) groups is 2. The first-order valence-electron chi connectivity index (χ1n) is 13.1.